The van der Waals surface area contributed by atoms with Crippen LogP contribution in [-0.4, -0.2) is 78.2 Å². The van der Waals surface area contributed by atoms with Crippen molar-refractivity contribution < 1.29 is 33.1 Å². The van der Waals surface area contributed by atoms with Crippen LogP contribution in [0.5, 0.6) is 0 Å². The number of nitrogens with zero attached hydrogens (tertiary/aromatic N) is 5. The number of carbonyl (C=O) groups is 3. The molecule has 18 heteroatoms. The number of rotatable bonds is 14. The minimum Gasteiger partial charge on any atom is -0.477 e. The number of thiazole rings is 1. The van der Waals surface area contributed by atoms with E-state index in [4.69, 9.17) is 0 Å². The number of amides is 2. The summed E-state index contributed by atoms with van der Waals surface area (Å²) in [4.78, 5) is 49.3. The number of aliphatic carboxylic acids is 1. The highest BCUT2D eigenvalue weighted by Crippen LogP contribution is 2.43. The van der Waals surface area contributed by atoms with E-state index in [1.54, 1.807) is 5.51 Å². The van der Waals surface area contributed by atoms with Gasteiger partial charge in [-0.3, -0.25) is 14.5 Å². The molecule has 2 aliphatic heterocycles. The lowest BCUT2D eigenvalue weighted by atomic mass is 9.77. The number of carbonyl (C=O) groups excluding carboxylic acids is 2. The number of β-lactam (4-membered cyclic amide) rings is 1. The summed E-state index contributed by atoms with van der Waals surface area (Å²) in [6.45, 7) is -3.34. The third-order valence-corrected chi connectivity index (χ3v) is 12.4. The molecule has 1 unspecified atom stereocenters. The zero-order valence-electron chi connectivity index (χ0n) is 27.2. The lowest BCUT2D eigenvalue weighted by Crippen LogP contribution is -2.71. The average molecular weight is 792 g/mol. The summed E-state index contributed by atoms with van der Waals surface area (Å²) in [7, 11) is 0. The molecule has 0 radical (unpaired) electrons. The van der Waals surface area contributed by atoms with Crippen molar-refractivity contribution in [3.8, 4) is 0 Å². The van der Waals surface area contributed by atoms with E-state index in [0.717, 1.165) is 32.9 Å². The number of carboxylic acids is 1. The van der Waals surface area contributed by atoms with Gasteiger partial charge in [0, 0.05) is 16.9 Å². The highest BCUT2D eigenvalue weighted by molar-refractivity contribution is 8.01. The third-order valence-electron chi connectivity index (χ3n) is 8.35. The Kier molecular flexibility index (Phi) is 10.8. The molecule has 2 amide bonds. The first-order valence-electron chi connectivity index (χ1n) is 15.8. The van der Waals surface area contributed by atoms with E-state index < -0.39 is 47.1 Å². The number of halogens is 2. The first kappa shape index (κ1) is 36.2. The minimum absolute atomic E-state index is 0.0826. The summed E-state index contributed by atoms with van der Waals surface area (Å²) in [6.07, 6.45) is 0. The Morgan fingerprint density at radius 2 is 1.62 bits per heavy atom. The Labute approximate surface area is 317 Å². The minimum atomic E-state index is -3.34. The van der Waals surface area contributed by atoms with Crippen LogP contribution in [0, 0.1) is 0 Å². The number of fused-ring (bicyclic) bond motifs is 1. The fourth-order valence-electron chi connectivity index (χ4n) is 6.06. The molecule has 0 aliphatic carbocycles. The zero-order chi connectivity index (χ0) is 37.0. The van der Waals surface area contributed by atoms with E-state index in [1.165, 1.54) is 40.2 Å². The number of hydrogen-bond acceptors (Lipinski definition) is 13. The van der Waals surface area contributed by atoms with Crippen LogP contribution in [0.25, 0.3) is 0 Å². The molecule has 53 heavy (non-hydrogen) atoms. The van der Waals surface area contributed by atoms with E-state index in [0.29, 0.717) is 15.0 Å². The summed E-state index contributed by atoms with van der Waals surface area (Å²) >= 11 is 5.01. The quantitative estimate of drug-likeness (QED) is 0.0406. The Bertz CT molecular complexity index is 2060. The second kappa shape index (κ2) is 15.8. The molecule has 3 aromatic carbocycles. The van der Waals surface area contributed by atoms with Crippen molar-refractivity contribution in [3.63, 3.8) is 0 Å². The summed E-state index contributed by atoms with van der Waals surface area (Å²) in [5.74, 6) is -2.40. The lowest BCUT2D eigenvalue weighted by Gasteiger charge is -2.49. The molecule has 2 aliphatic rings. The van der Waals surface area contributed by atoms with Crippen LogP contribution in [0.2, 0.25) is 0 Å². The maximum Gasteiger partial charge on any atom is 0.407 e. The monoisotopic (exact) mass is 791 g/mol. The molecule has 1 fully saturated rings. The van der Waals surface area contributed by atoms with Crippen LogP contribution < -0.4 is 10.6 Å². The molecule has 7 rings (SSSR count). The number of hydrogen-bond donors (Lipinski definition) is 3. The van der Waals surface area contributed by atoms with E-state index >= 15 is 0 Å². The first-order valence-corrected chi connectivity index (χ1v) is 19.6. The highest BCUT2D eigenvalue weighted by Gasteiger charge is 2.54. The van der Waals surface area contributed by atoms with Gasteiger partial charge in [0.05, 0.1) is 0 Å². The van der Waals surface area contributed by atoms with E-state index in [9.17, 15) is 28.3 Å². The Morgan fingerprint density at radius 1 is 1.00 bits per heavy atom. The van der Waals surface area contributed by atoms with Crippen LogP contribution in [0.15, 0.2) is 123 Å². The number of thioether (sulfide) groups is 2. The number of oxime groups is 1. The van der Waals surface area contributed by atoms with Gasteiger partial charge >= 0.3 is 12.6 Å². The number of aromatic nitrogens is 3. The van der Waals surface area contributed by atoms with E-state index in [-0.39, 0.29) is 22.9 Å². The maximum absolute atomic E-state index is 13.7. The van der Waals surface area contributed by atoms with Crippen LogP contribution in [0.1, 0.15) is 22.4 Å². The molecule has 12 nitrogen and oxygen atoms in total. The lowest BCUT2D eigenvalue weighted by molar-refractivity contribution is -0.150. The molecule has 0 spiro atoms. The fourth-order valence-corrected chi connectivity index (χ4v) is 9.78. The van der Waals surface area contributed by atoms with Crippen LogP contribution >= 0.6 is 46.2 Å². The third kappa shape index (κ3) is 7.39. The first-order chi connectivity index (χ1) is 25.8. The van der Waals surface area contributed by atoms with Gasteiger partial charge in [-0.05, 0) is 22.3 Å². The summed E-state index contributed by atoms with van der Waals surface area (Å²) in [5.41, 5.74) is 2.93. The van der Waals surface area contributed by atoms with Crippen molar-refractivity contribution in [2.75, 3.05) is 16.8 Å². The van der Waals surface area contributed by atoms with Crippen LogP contribution in [0.3, 0.4) is 0 Å². The number of nitrogens with one attached hydrogen (secondary N) is 2. The SMILES string of the molecule is O=C(O)C1=C(CSc2nncs2)CS[C@@H]2C(NC(=O)/C(=N/OC(F)F)c3csc(NC(c4ccccc4)(c4ccccc4)c4ccccc4)n3)C(=O)N12. The maximum atomic E-state index is 13.7. The second-order valence-electron chi connectivity index (χ2n) is 11.4. The van der Waals surface area contributed by atoms with Crippen LogP contribution in [-0.2, 0) is 24.8 Å². The molecule has 2 atom stereocenters. The second-order valence-corrected chi connectivity index (χ2v) is 15.4. The predicted molar refractivity (Wildman–Crippen MR) is 199 cm³/mol. The topological polar surface area (TPSA) is 159 Å². The van der Waals surface area contributed by atoms with Crippen molar-refractivity contribution in [1.82, 2.24) is 25.4 Å². The highest BCUT2D eigenvalue weighted by atomic mass is 32.2. The number of carboxylic acid groups (broad SMARTS) is 1. The van der Waals surface area contributed by atoms with Gasteiger partial charge in [-0.15, -0.1) is 33.3 Å². The number of benzene rings is 3. The van der Waals surface area contributed by atoms with Gasteiger partial charge in [0.1, 0.15) is 33.9 Å². The zero-order valence-corrected chi connectivity index (χ0v) is 30.4. The van der Waals surface area contributed by atoms with Crippen molar-refractivity contribution in [2.24, 2.45) is 5.16 Å². The molecule has 4 heterocycles. The van der Waals surface area contributed by atoms with Crippen molar-refractivity contribution in [3.05, 3.63) is 136 Å². The number of anilines is 1. The molecule has 3 N–H and O–H groups in total. The number of alkyl halides is 2. The Morgan fingerprint density at radius 3 is 2.17 bits per heavy atom. The van der Waals surface area contributed by atoms with Crippen molar-refractivity contribution in [1.29, 1.82) is 0 Å². The van der Waals surface area contributed by atoms with Gasteiger partial charge < -0.3 is 20.6 Å². The smallest absolute Gasteiger partial charge is 0.407 e. The van der Waals surface area contributed by atoms with Gasteiger partial charge in [0.2, 0.25) is 0 Å². The Hall–Kier alpha value is -5.17. The van der Waals surface area contributed by atoms with Crippen molar-refractivity contribution in [2.45, 2.75) is 27.9 Å². The fraction of sp³-hybridized carbons (Fsp3) is 0.171. The van der Waals surface area contributed by atoms with Gasteiger partial charge in [0.25, 0.3) is 11.8 Å². The predicted octanol–water partition coefficient (Wildman–Crippen LogP) is 5.87. The molecular weight excluding hydrogens is 765 g/mol. The molecule has 0 bridgehead atoms. The normalized spacial score (nSPS) is 17.3. The molecule has 270 valence electrons. The van der Waals surface area contributed by atoms with E-state index in [2.05, 4.69) is 35.8 Å². The summed E-state index contributed by atoms with van der Waals surface area (Å²) < 4.78 is 27.2. The molecule has 2 aromatic heterocycles. The molecule has 0 saturated carbocycles. The molecular formula is C35H27F2N7O5S4. The Balaban J connectivity index is 1.16. The van der Waals surface area contributed by atoms with Gasteiger partial charge in [-0.2, -0.15) is 8.78 Å². The van der Waals surface area contributed by atoms with Gasteiger partial charge in [-0.1, -0.05) is 119 Å². The summed E-state index contributed by atoms with van der Waals surface area (Å²) in [5, 5.41) is 28.4. The molecule has 5 aromatic rings. The largest absolute Gasteiger partial charge is 0.477 e. The average Bonchev–Trinajstić information content (AvgIpc) is 3.88. The van der Waals surface area contributed by atoms with Crippen molar-refractivity contribution >= 4 is 74.8 Å². The van der Waals surface area contributed by atoms with E-state index in [1.807, 2.05) is 91.0 Å². The van der Waals surface area contributed by atoms with Gasteiger partial charge in [0.15, 0.2) is 15.2 Å². The van der Waals surface area contributed by atoms with Gasteiger partial charge in [-0.25, -0.2) is 9.78 Å². The van der Waals surface area contributed by atoms with Crippen LogP contribution in [0.4, 0.5) is 13.9 Å². The summed E-state index contributed by atoms with van der Waals surface area (Å²) in [6, 6.07) is 28.0. The molecule has 1 saturated heterocycles. The standard InChI is InChI=1S/C35H27F2N7O5S4/c36-32(37)49-43-25(28(45)40-26-29(46)44-27(31(47)48)20(16-50-30(26)44)17-52-34-42-38-19-53-34)24-18-51-33(39-24)41-35(21-10-4-1-5-11-21,22-12-6-2-7-13-22)23-14-8-3-9-15-23/h1-15,18-19,26,30,32H,16-17H2,(H,39,41)(H,40,45)(H,47,48)/b43-25+/t26?,30-/m1/s1.